The summed E-state index contributed by atoms with van der Waals surface area (Å²) in [5, 5.41) is 6.98. The maximum Gasteiger partial charge on any atom is 0.254 e. The van der Waals surface area contributed by atoms with Crippen molar-refractivity contribution in [2.24, 2.45) is 13.0 Å². The highest BCUT2D eigenvalue weighted by atomic mass is 16.5. The molecule has 1 N–H and O–H groups in total. The third-order valence-electron chi connectivity index (χ3n) is 5.32. The highest BCUT2D eigenvalue weighted by Gasteiger charge is 2.24. The lowest BCUT2D eigenvalue weighted by Crippen LogP contribution is -2.42. The fraction of sp³-hybridized carbons (Fsp3) is 0.476. The molecule has 8 nitrogen and oxygen atoms in total. The number of amides is 2. The van der Waals surface area contributed by atoms with E-state index in [1.54, 1.807) is 44.4 Å². The maximum absolute atomic E-state index is 12.7. The Balaban J connectivity index is 1.46. The van der Waals surface area contributed by atoms with Crippen molar-refractivity contribution in [2.75, 3.05) is 33.9 Å². The van der Waals surface area contributed by atoms with Gasteiger partial charge in [-0.2, -0.15) is 5.10 Å². The van der Waals surface area contributed by atoms with Gasteiger partial charge in [0, 0.05) is 44.5 Å². The molecule has 156 valence electrons. The van der Waals surface area contributed by atoms with E-state index in [1.165, 1.54) is 0 Å². The van der Waals surface area contributed by atoms with E-state index in [-0.39, 0.29) is 11.8 Å². The molecule has 0 radical (unpaired) electrons. The second-order valence-corrected chi connectivity index (χ2v) is 7.29. The number of nitrogens with one attached hydrogen (secondary N) is 1. The molecule has 0 unspecified atom stereocenters. The Labute approximate surface area is 170 Å². The molecular weight excluding hydrogens is 372 g/mol. The van der Waals surface area contributed by atoms with E-state index in [0.29, 0.717) is 49.0 Å². The number of benzene rings is 1. The molecule has 0 aliphatic carbocycles. The summed E-state index contributed by atoms with van der Waals surface area (Å²) >= 11 is 0. The number of hydrogen-bond donors (Lipinski definition) is 1. The zero-order valence-corrected chi connectivity index (χ0v) is 17.2. The molecule has 29 heavy (non-hydrogen) atoms. The lowest BCUT2D eigenvalue weighted by molar-refractivity contribution is -0.131. The van der Waals surface area contributed by atoms with E-state index in [2.05, 4.69) is 10.4 Å². The normalized spacial score (nSPS) is 14.5. The molecule has 1 aliphatic rings. The average molecular weight is 400 g/mol. The van der Waals surface area contributed by atoms with Crippen molar-refractivity contribution in [2.45, 2.75) is 19.3 Å². The van der Waals surface area contributed by atoms with Crippen LogP contribution in [-0.2, 0) is 18.3 Å². The standard InChI is InChI=1S/C21H28N4O4/c1-24-14-17(13-23-24)21(27)22-12-15-6-8-25(9-7-15)20(26)10-16-4-5-18(28-2)11-19(16)29-3/h4-5,11,13-15H,6-10,12H2,1-3H3,(H,22,27). The first-order valence-electron chi connectivity index (χ1n) is 9.75. The Morgan fingerprint density at radius 2 is 1.97 bits per heavy atom. The molecule has 2 heterocycles. The number of carbonyl (C=O) groups is 2. The van der Waals surface area contributed by atoms with Crippen molar-refractivity contribution < 1.29 is 19.1 Å². The lowest BCUT2D eigenvalue weighted by Gasteiger charge is -2.32. The first-order valence-corrected chi connectivity index (χ1v) is 9.75. The maximum atomic E-state index is 12.7. The van der Waals surface area contributed by atoms with Crippen LogP contribution in [0, 0.1) is 5.92 Å². The molecule has 1 saturated heterocycles. The van der Waals surface area contributed by atoms with Gasteiger partial charge >= 0.3 is 0 Å². The Morgan fingerprint density at radius 1 is 1.21 bits per heavy atom. The van der Waals surface area contributed by atoms with Crippen molar-refractivity contribution in [1.82, 2.24) is 20.0 Å². The van der Waals surface area contributed by atoms with Gasteiger partial charge in [0.05, 0.1) is 32.4 Å². The molecule has 1 fully saturated rings. The summed E-state index contributed by atoms with van der Waals surface area (Å²) in [6.45, 7) is 2.01. The summed E-state index contributed by atoms with van der Waals surface area (Å²) in [6.07, 6.45) is 5.31. The number of nitrogens with zero attached hydrogens (tertiary/aromatic N) is 3. The van der Waals surface area contributed by atoms with Crippen LogP contribution < -0.4 is 14.8 Å². The monoisotopic (exact) mass is 400 g/mol. The van der Waals surface area contributed by atoms with Crippen LogP contribution in [0.4, 0.5) is 0 Å². The molecule has 8 heteroatoms. The third-order valence-corrected chi connectivity index (χ3v) is 5.32. The van der Waals surface area contributed by atoms with Crippen LogP contribution >= 0.6 is 0 Å². The number of hydrogen-bond acceptors (Lipinski definition) is 5. The van der Waals surface area contributed by atoms with Crippen molar-refractivity contribution in [3.63, 3.8) is 0 Å². The minimum Gasteiger partial charge on any atom is -0.497 e. The van der Waals surface area contributed by atoms with Gasteiger partial charge in [0.25, 0.3) is 5.91 Å². The number of piperidine rings is 1. The highest BCUT2D eigenvalue weighted by molar-refractivity contribution is 5.93. The second-order valence-electron chi connectivity index (χ2n) is 7.29. The fourth-order valence-corrected chi connectivity index (χ4v) is 3.54. The average Bonchev–Trinajstić information content (AvgIpc) is 3.19. The van der Waals surface area contributed by atoms with Crippen LogP contribution in [0.15, 0.2) is 30.6 Å². The van der Waals surface area contributed by atoms with Gasteiger partial charge in [0.2, 0.25) is 5.91 Å². The van der Waals surface area contributed by atoms with Crippen LogP contribution in [0.1, 0.15) is 28.8 Å². The van der Waals surface area contributed by atoms with Gasteiger partial charge in [-0.25, -0.2) is 0 Å². The summed E-state index contributed by atoms with van der Waals surface area (Å²) in [5.41, 5.74) is 1.41. The first-order chi connectivity index (χ1) is 14.0. The number of rotatable bonds is 7. The molecule has 1 aromatic carbocycles. The molecule has 3 rings (SSSR count). The Hall–Kier alpha value is -3.03. The summed E-state index contributed by atoms with van der Waals surface area (Å²) in [4.78, 5) is 26.7. The highest BCUT2D eigenvalue weighted by Crippen LogP contribution is 2.26. The van der Waals surface area contributed by atoms with Gasteiger partial charge < -0.3 is 19.7 Å². The van der Waals surface area contributed by atoms with Crippen molar-refractivity contribution in [3.8, 4) is 11.5 Å². The van der Waals surface area contributed by atoms with Crippen LogP contribution in [0.25, 0.3) is 0 Å². The summed E-state index contributed by atoms with van der Waals surface area (Å²) in [7, 11) is 4.97. The fourth-order valence-electron chi connectivity index (χ4n) is 3.54. The van der Waals surface area contributed by atoms with E-state index < -0.39 is 0 Å². The minimum absolute atomic E-state index is 0.0892. The van der Waals surface area contributed by atoms with Crippen LogP contribution in [0.3, 0.4) is 0 Å². The first kappa shape index (κ1) is 20.7. The van der Waals surface area contributed by atoms with Gasteiger partial charge in [0.1, 0.15) is 11.5 Å². The van der Waals surface area contributed by atoms with E-state index in [0.717, 1.165) is 18.4 Å². The van der Waals surface area contributed by atoms with Gasteiger partial charge in [-0.15, -0.1) is 0 Å². The predicted molar refractivity (Wildman–Crippen MR) is 108 cm³/mol. The SMILES string of the molecule is COc1ccc(CC(=O)N2CCC(CNC(=O)c3cnn(C)c3)CC2)c(OC)c1. The predicted octanol–water partition coefficient (Wildman–Crippen LogP) is 1.65. The molecule has 2 aromatic rings. The molecular formula is C21H28N4O4. The van der Waals surface area contributed by atoms with E-state index >= 15 is 0 Å². The van der Waals surface area contributed by atoms with E-state index in [4.69, 9.17) is 9.47 Å². The summed E-state index contributed by atoms with van der Waals surface area (Å²) in [5.74, 6) is 1.71. The number of likely N-dealkylation sites (tertiary alicyclic amines) is 1. The molecule has 0 atom stereocenters. The number of aryl methyl sites for hydroxylation is 1. The Bertz CT molecular complexity index is 856. The van der Waals surface area contributed by atoms with Gasteiger partial charge in [-0.3, -0.25) is 14.3 Å². The zero-order valence-electron chi connectivity index (χ0n) is 17.2. The van der Waals surface area contributed by atoms with Crippen molar-refractivity contribution in [3.05, 3.63) is 41.7 Å². The van der Waals surface area contributed by atoms with Crippen LogP contribution in [0.2, 0.25) is 0 Å². The molecule has 0 spiro atoms. The number of ether oxygens (including phenoxy) is 2. The number of carbonyl (C=O) groups excluding carboxylic acids is 2. The van der Waals surface area contributed by atoms with Crippen LogP contribution in [0.5, 0.6) is 11.5 Å². The number of aromatic nitrogens is 2. The third kappa shape index (κ3) is 5.28. The van der Waals surface area contributed by atoms with Crippen LogP contribution in [-0.4, -0.2) is 60.3 Å². The quantitative estimate of drug-likeness (QED) is 0.764. The number of methoxy groups -OCH3 is 2. The molecule has 0 bridgehead atoms. The van der Waals surface area contributed by atoms with Crippen molar-refractivity contribution >= 4 is 11.8 Å². The minimum atomic E-state index is -0.108. The lowest BCUT2D eigenvalue weighted by atomic mass is 9.96. The largest absolute Gasteiger partial charge is 0.497 e. The Morgan fingerprint density at radius 3 is 2.59 bits per heavy atom. The molecule has 1 aliphatic heterocycles. The second kappa shape index (κ2) is 9.45. The molecule has 2 amide bonds. The van der Waals surface area contributed by atoms with Gasteiger partial charge in [-0.1, -0.05) is 6.07 Å². The van der Waals surface area contributed by atoms with Gasteiger partial charge in [-0.05, 0) is 24.8 Å². The Kier molecular flexibility index (Phi) is 6.74. The molecule has 1 aromatic heterocycles. The smallest absolute Gasteiger partial charge is 0.254 e. The summed E-state index contributed by atoms with van der Waals surface area (Å²) < 4.78 is 12.2. The van der Waals surface area contributed by atoms with E-state index in [1.807, 2.05) is 17.0 Å². The topological polar surface area (TPSA) is 85.7 Å². The van der Waals surface area contributed by atoms with E-state index in [9.17, 15) is 9.59 Å². The molecule has 0 saturated carbocycles. The summed E-state index contributed by atoms with van der Waals surface area (Å²) in [6, 6.07) is 5.50. The van der Waals surface area contributed by atoms with Gasteiger partial charge in [0.15, 0.2) is 0 Å². The zero-order chi connectivity index (χ0) is 20.8. The van der Waals surface area contributed by atoms with Crippen molar-refractivity contribution in [1.29, 1.82) is 0 Å².